The van der Waals surface area contributed by atoms with Crippen LogP contribution in [0.15, 0.2) is 48.8 Å². The molecule has 0 bridgehead atoms. The number of nitrogens with zero attached hydrogens (tertiary/aromatic N) is 2. The molecule has 0 saturated carbocycles. The van der Waals surface area contributed by atoms with Gasteiger partial charge in [-0.2, -0.15) is 0 Å². The topological polar surface area (TPSA) is 25.8 Å². The van der Waals surface area contributed by atoms with Crippen molar-refractivity contribution in [1.29, 1.82) is 0 Å². The van der Waals surface area contributed by atoms with Crippen molar-refractivity contribution >= 4 is 0.176 Å². The van der Waals surface area contributed by atoms with E-state index >= 15 is 0 Å². The predicted octanol–water partition coefficient (Wildman–Crippen LogP) is 0.512. The summed E-state index contributed by atoms with van der Waals surface area (Å²) >= 11 is -0.583. The van der Waals surface area contributed by atoms with E-state index in [-0.39, 0.29) is 0 Å². The van der Waals surface area contributed by atoms with Crippen molar-refractivity contribution in [3.05, 3.63) is 48.8 Å². The van der Waals surface area contributed by atoms with E-state index in [1.807, 2.05) is 36.7 Å². The molecule has 2 rings (SSSR count). The Labute approximate surface area is 102 Å². The molecule has 0 amide bonds. The Morgan fingerprint density at radius 2 is 1.31 bits per heavy atom. The van der Waals surface area contributed by atoms with E-state index in [2.05, 4.69) is 22.1 Å². The van der Waals surface area contributed by atoms with E-state index in [0.29, 0.717) is 0 Å². The Kier molecular flexibility index (Phi) is 3.59. The van der Waals surface area contributed by atoms with Crippen molar-refractivity contribution in [1.82, 2.24) is 9.97 Å². The van der Waals surface area contributed by atoms with Crippen LogP contribution < -0.4 is 0.176 Å². The SMILES string of the molecule is c1cc[c]([Eu][c]2ccccn2)nc1. The number of hydrogen-bond donors (Lipinski definition) is 0. The van der Waals surface area contributed by atoms with Crippen LogP contribution in [0.2, 0.25) is 0 Å². The van der Waals surface area contributed by atoms with Crippen LogP contribution in [-0.2, 0) is 0 Å². The summed E-state index contributed by atoms with van der Waals surface area (Å²) in [4.78, 5) is 8.60. The van der Waals surface area contributed by atoms with Gasteiger partial charge in [0.05, 0.1) is 0 Å². The van der Waals surface area contributed by atoms with Crippen LogP contribution in [0.1, 0.15) is 0 Å². The second-order valence-corrected chi connectivity index (χ2v) is 5.49. The predicted molar refractivity (Wildman–Crippen MR) is 47.7 cm³/mol. The van der Waals surface area contributed by atoms with E-state index in [0.717, 1.165) is 0 Å². The van der Waals surface area contributed by atoms with Gasteiger partial charge < -0.3 is 0 Å². The summed E-state index contributed by atoms with van der Waals surface area (Å²) in [7, 11) is 0. The van der Waals surface area contributed by atoms with Gasteiger partial charge in [-0.05, 0) is 0 Å². The van der Waals surface area contributed by atoms with Crippen LogP contribution in [0.3, 0.4) is 0 Å². The zero-order valence-electron chi connectivity index (χ0n) is 6.89. The Hall–Kier alpha value is -0.116. The summed E-state index contributed by atoms with van der Waals surface area (Å²) < 4.78 is 2.42. The number of aromatic nitrogens is 2. The molecule has 65 valence electrons. The molecule has 0 atom stereocenters. The van der Waals surface area contributed by atoms with Crippen molar-refractivity contribution < 1.29 is 44.6 Å². The molecule has 0 N–H and O–H groups in total. The molecule has 0 radical (unpaired) electrons. The monoisotopic (exact) mass is 309 g/mol. The van der Waals surface area contributed by atoms with Crippen LogP contribution >= 0.6 is 0 Å². The van der Waals surface area contributed by atoms with E-state index in [9.17, 15) is 0 Å². The fourth-order valence-electron chi connectivity index (χ4n) is 0.895. The van der Waals surface area contributed by atoms with Crippen molar-refractivity contribution in [3.8, 4) is 0 Å². The van der Waals surface area contributed by atoms with Gasteiger partial charge in [-0.15, -0.1) is 0 Å². The van der Waals surface area contributed by atoms with Gasteiger partial charge in [-0.25, -0.2) is 0 Å². The third kappa shape index (κ3) is 2.94. The summed E-state index contributed by atoms with van der Waals surface area (Å²) in [5.74, 6) is 0. The number of pyridine rings is 2. The average molecular weight is 308 g/mol. The van der Waals surface area contributed by atoms with Crippen LogP contribution in [0.4, 0.5) is 0 Å². The first-order valence-corrected chi connectivity index (χ1v) is 6.34. The summed E-state index contributed by atoms with van der Waals surface area (Å²) in [6.07, 6.45) is 3.68. The number of rotatable bonds is 2. The van der Waals surface area contributed by atoms with Gasteiger partial charge in [-0.3, -0.25) is 0 Å². The molecule has 0 saturated heterocycles. The second-order valence-electron chi connectivity index (χ2n) is 2.40. The molecule has 0 aliphatic carbocycles. The normalized spacial score (nSPS) is 9.85. The molecule has 13 heavy (non-hydrogen) atoms. The standard InChI is InChI=1S/2C5H4N.Eu/c2*1-2-4-6-5-3-1;/h2*1-4H;. The van der Waals surface area contributed by atoms with Gasteiger partial charge >= 0.3 is 104 Å². The Balaban J connectivity index is 2.16. The summed E-state index contributed by atoms with van der Waals surface area (Å²) in [5, 5.41) is 0. The van der Waals surface area contributed by atoms with Gasteiger partial charge in [0.1, 0.15) is 0 Å². The number of hydrogen-bond acceptors (Lipinski definition) is 2. The molecule has 2 aromatic heterocycles. The molecule has 0 aliphatic heterocycles. The second kappa shape index (κ2) is 4.94. The third-order valence-electron chi connectivity index (χ3n) is 1.45. The minimum absolute atomic E-state index is 0.583. The molecule has 0 aromatic carbocycles. The molecular formula is C10H8EuN2. The van der Waals surface area contributed by atoms with Crippen LogP contribution in [0.25, 0.3) is 0 Å². The molecule has 0 fully saturated rings. The van der Waals surface area contributed by atoms with Gasteiger partial charge in [0.15, 0.2) is 0 Å². The Bertz CT molecular complexity index is 324. The first kappa shape index (κ1) is 9.44. The Morgan fingerprint density at radius 3 is 1.69 bits per heavy atom. The molecular weight excluding hydrogens is 300 g/mol. The minimum atomic E-state index is -0.583. The van der Waals surface area contributed by atoms with Crippen molar-refractivity contribution in [2.75, 3.05) is 0 Å². The van der Waals surface area contributed by atoms with Crippen molar-refractivity contribution in [2.24, 2.45) is 0 Å². The van der Waals surface area contributed by atoms with Gasteiger partial charge in [0.25, 0.3) is 0 Å². The third-order valence-corrected chi connectivity index (χ3v) is 4.13. The van der Waals surface area contributed by atoms with Crippen molar-refractivity contribution in [2.45, 2.75) is 0 Å². The summed E-state index contributed by atoms with van der Waals surface area (Å²) in [5.41, 5.74) is 0. The average Bonchev–Trinajstić information content (AvgIpc) is 2.21. The Morgan fingerprint density at radius 1 is 0.769 bits per heavy atom. The molecule has 2 heterocycles. The zero-order chi connectivity index (χ0) is 8.93. The van der Waals surface area contributed by atoms with Gasteiger partial charge in [0.2, 0.25) is 0 Å². The van der Waals surface area contributed by atoms with E-state index in [1.54, 1.807) is 0 Å². The first-order chi connectivity index (χ1) is 6.45. The van der Waals surface area contributed by atoms with E-state index in [1.165, 1.54) is 0.176 Å². The van der Waals surface area contributed by atoms with Crippen LogP contribution in [0, 0.1) is 44.6 Å². The molecule has 0 unspecified atom stereocenters. The summed E-state index contributed by atoms with van der Waals surface area (Å²) in [6.45, 7) is 0. The molecule has 0 aliphatic rings. The molecule has 2 nitrogen and oxygen atoms in total. The quantitative estimate of drug-likeness (QED) is 0.808. The molecule has 0 spiro atoms. The fraction of sp³-hybridized carbons (Fsp3) is 0. The van der Waals surface area contributed by atoms with Crippen LogP contribution in [0.5, 0.6) is 0 Å². The van der Waals surface area contributed by atoms with E-state index < -0.39 is 44.6 Å². The maximum atomic E-state index is 4.30. The van der Waals surface area contributed by atoms with Gasteiger partial charge in [0, 0.05) is 0 Å². The zero-order valence-corrected chi connectivity index (χ0v) is 9.32. The first-order valence-electron chi connectivity index (χ1n) is 3.92. The fourth-order valence-corrected chi connectivity index (χ4v) is 3.08. The van der Waals surface area contributed by atoms with E-state index in [4.69, 9.17) is 0 Å². The van der Waals surface area contributed by atoms with Crippen LogP contribution in [-0.4, -0.2) is 9.97 Å². The van der Waals surface area contributed by atoms with Crippen molar-refractivity contribution in [3.63, 3.8) is 0 Å². The van der Waals surface area contributed by atoms with Gasteiger partial charge in [-0.1, -0.05) is 0 Å². The molecule has 3 heteroatoms. The molecule has 2 aromatic rings. The maximum absolute atomic E-state index is 4.30. The summed E-state index contributed by atoms with van der Waals surface area (Å²) in [6, 6.07) is 12.1.